The smallest absolute Gasteiger partial charge is 0.131 e. The molecule has 1 aromatic carbocycles. The number of aromatic nitrogens is 1. The maximum absolute atomic E-state index is 8.93. The summed E-state index contributed by atoms with van der Waals surface area (Å²) in [6, 6.07) is 11.7. The average Bonchev–Trinajstić information content (AvgIpc) is 2.32. The molecule has 0 saturated heterocycles. The molecule has 0 aliphatic heterocycles. The van der Waals surface area contributed by atoms with E-state index in [2.05, 4.69) is 32.3 Å². The lowest BCUT2D eigenvalue weighted by Crippen LogP contribution is -1.97. The molecule has 0 saturated carbocycles. The van der Waals surface area contributed by atoms with Crippen molar-refractivity contribution in [1.82, 2.24) is 4.98 Å². The van der Waals surface area contributed by atoms with Gasteiger partial charge in [-0.2, -0.15) is 5.26 Å². The van der Waals surface area contributed by atoms with Crippen LogP contribution in [0.4, 0.5) is 11.5 Å². The predicted octanol–water partition coefficient (Wildman–Crippen LogP) is 4.08. The molecule has 0 aliphatic rings. The number of hydrogen-bond acceptors (Lipinski definition) is 3. The molecule has 0 aliphatic carbocycles. The molecule has 0 fully saturated rings. The van der Waals surface area contributed by atoms with Crippen LogP contribution in [0.2, 0.25) is 0 Å². The number of nitrogens with one attached hydrogen (secondary N) is 1. The first kappa shape index (κ1) is 12.6. The molecule has 90 valence electrons. The van der Waals surface area contributed by atoms with Crippen LogP contribution >= 0.6 is 15.9 Å². The SMILES string of the molecule is Cc1ccc(Nc2cc(C#N)cc(C)n2)c(Br)c1. The standard InChI is InChI=1S/C14H12BrN3/c1-9-3-4-13(12(15)5-9)18-14-7-11(8-16)6-10(2)17-14/h3-7H,1-2H3,(H,17,18). The molecule has 0 atom stereocenters. The summed E-state index contributed by atoms with van der Waals surface area (Å²) < 4.78 is 0.976. The van der Waals surface area contributed by atoms with Crippen LogP contribution in [-0.2, 0) is 0 Å². The Kier molecular flexibility index (Phi) is 3.63. The van der Waals surface area contributed by atoms with Crippen LogP contribution in [0.1, 0.15) is 16.8 Å². The van der Waals surface area contributed by atoms with E-state index in [1.54, 1.807) is 12.1 Å². The van der Waals surface area contributed by atoms with E-state index in [1.807, 2.05) is 32.0 Å². The fourth-order valence-corrected chi connectivity index (χ4v) is 2.25. The lowest BCUT2D eigenvalue weighted by molar-refractivity contribution is 1.19. The van der Waals surface area contributed by atoms with Gasteiger partial charge in [0.25, 0.3) is 0 Å². The Morgan fingerprint density at radius 1 is 1.22 bits per heavy atom. The number of hydrogen-bond donors (Lipinski definition) is 1. The van der Waals surface area contributed by atoms with Crippen LogP contribution in [0.25, 0.3) is 0 Å². The molecule has 0 radical (unpaired) electrons. The molecule has 0 unspecified atom stereocenters. The van der Waals surface area contributed by atoms with Crippen LogP contribution in [0.3, 0.4) is 0 Å². The molecular formula is C14H12BrN3. The summed E-state index contributed by atoms with van der Waals surface area (Å²) >= 11 is 3.50. The topological polar surface area (TPSA) is 48.7 Å². The van der Waals surface area contributed by atoms with Gasteiger partial charge in [0.05, 0.1) is 17.3 Å². The van der Waals surface area contributed by atoms with E-state index in [1.165, 1.54) is 5.56 Å². The summed E-state index contributed by atoms with van der Waals surface area (Å²) in [5.41, 5.74) is 3.54. The summed E-state index contributed by atoms with van der Waals surface area (Å²) in [5, 5.41) is 12.1. The van der Waals surface area contributed by atoms with Gasteiger partial charge in [-0.1, -0.05) is 6.07 Å². The number of pyridine rings is 1. The van der Waals surface area contributed by atoms with Crippen molar-refractivity contribution in [3.05, 3.63) is 51.6 Å². The lowest BCUT2D eigenvalue weighted by atomic mass is 10.2. The van der Waals surface area contributed by atoms with E-state index >= 15 is 0 Å². The first-order valence-electron chi connectivity index (χ1n) is 5.50. The van der Waals surface area contributed by atoms with Crippen LogP contribution < -0.4 is 5.32 Å². The molecule has 18 heavy (non-hydrogen) atoms. The Morgan fingerprint density at radius 2 is 2.00 bits per heavy atom. The van der Waals surface area contributed by atoms with Crippen molar-refractivity contribution in [3.63, 3.8) is 0 Å². The Labute approximate surface area is 115 Å². The molecular weight excluding hydrogens is 290 g/mol. The molecule has 1 N–H and O–H groups in total. The van der Waals surface area contributed by atoms with E-state index in [0.717, 1.165) is 15.9 Å². The Hall–Kier alpha value is -1.86. The Morgan fingerprint density at radius 3 is 2.67 bits per heavy atom. The van der Waals surface area contributed by atoms with Crippen LogP contribution in [0.5, 0.6) is 0 Å². The van der Waals surface area contributed by atoms with Crippen molar-refractivity contribution in [1.29, 1.82) is 5.26 Å². The van der Waals surface area contributed by atoms with Gasteiger partial charge >= 0.3 is 0 Å². The Balaban J connectivity index is 2.34. The summed E-state index contributed by atoms with van der Waals surface area (Å²) in [6.45, 7) is 3.91. The quantitative estimate of drug-likeness (QED) is 0.909. The minimum atomic E-state index is 0.605. The highest BCUT2D eigenvalue weighted by molar-refractivity contribution is 9.10. The van der Waals surface area contributed by atoms with E-state index in [9.17, 15) is 0 Å². The molecule has 1 aromatic heterocycles. The number of benzene rings is 1. The summed E-state index contributed by atoms with van der Waals surface area (Å²) in [5.74, 6) is 0.677. The Bertz CT molecular complexity index is 629. The van der Waals surface area contributed by atoms with Crippen molar-refractivity contribution in [2.24, 2.45) is 0 Å². The van der Waals surface area contributed by atoms with Crippen molar-refractivity contribution in [2.45, 2.75) is 13.8 Å². The normalized spacial score (nSPS) is 9.89. The second-order valence-corrected chi connectivity index (χ2v) is 4.96. The van der Waals surface area contributed by atoms with Crippen molar-refractivity contribution in [2.75, 3.05) is 5.32 Å². The van der Waals surface area contributed by atoms with Crippen molar-refractivity contribution < 1.29 is 0 Å². The van der Waals surface area contributed by atoms with Gasteiger partial charge < -0.3 is 5.32 Å². The molecule has 0 amide bonds. The van der Waals surface area contributed by atoms with E-state index in [-0.39, 0.29) is 0 Å². The highest BCUT2D eigenvalue weighted by atomic mass is 79.9. The fourth-order valence-electron chi connectivity index (χ4n) is 1.66. The third-order valence-corrected chi connectivity index (χ3v) is 3.13. The summed E-state index contributed by atoms with van der Waals surface area (Å²) in [4.78, 5) is 4.36. The number of halogens is 1. The van der Waals surface area contributed by atoms with Gasteiger partial charge in [0.1, 0.15) is 5.82 Å². The largest absolute Gasteiger partial charge is 0.339 e. The monoisotopic (exact) mass is 301 g/mol. The molecule has 2 rings (SSSR count). The highest BCUT2D eigenvalue weighted by Gasteiger charge is 2.03. The lowest BCUT2D eigenvalue weighted by Gasteiger charge is -2.09. The van der Waals surface area contributed by atoms with Crippen LogP contribution in [0, 0.1) is 25.2 Å². The molecule has 0 spiro atoms. The van der Waals surface area contributed by atoms with Crippen LogP contribution in [-0.4, -0.2) is 4.98 Å². The zero-order valence-corrected chi connectivity index (χ0v) is 11.7. The van der Waals surface area contributed by atoms with Gasteiger partial charge in [-0.05, 0) is 59.6 Å². The first-order valence-corrected chi connectivity index (χ1v) is 6.30. The highest BCUT2D eigenvalue weighted by Crippen LogP contribution is 2.26. The third kappa shape index (κ3) is 2.88. The predicted molar refractivity (Wildman–Crippen MR) is 75.9 cm³/mol. The van der Waals surface area contributed by atoms with Gasteiger partial charge in [0, 0.05) is 10.2 Å². The van der Waals surface area contributed by atoms with Crippen molar-refractivity contribution in [3.8, 4) is 6.07 Å². The maximum atomic E-state index is 8.93. The van der Waals surface area contributed by atoms with Crippen molar-refractivity contribution >= 4 is 27.4 Å². The number of rotatable bonds is 2. The number of aryl methyl sites for hydroxylation is 2. The van der Waals surface area contributed by atoms with Gasteiger partial charge in [-0.25, -0.2) is 4.98 Å². The molecule has 4 heteroatoms. The molecule has 2 aromatic rings. The van der Waals surface area contributed by atoms with Crippen LogP contribution in [0.15, 0.2) is 34.8 Å². The molecule has 1 heterocycles. The fraction of sp³-hybridized carbons (Fsp3) is 0.143. The van der Waals surface area contributed by atoms with E-state index in [4.69, 9.17) is 5.26 Å². The minimum Gasteiger partial charge on any atom is -0.339 e. The second-order valence-electron chi connectivity index (χ2n) is 4.10. The first-order chi connectivity index (χ1) is 8.58. The minimum absolute atomic E-state index is 0.605. The summed E-state index contributed by atoms with van der Waals surface area (Å²) in [6.07, 6.45) is 0. The second kappa shape index (κ2) is 5.19. The maximum Gasteiger partial charge on any atom is 0.131 e. The van der Waals surface area contributed by atoms with E-state index in [0.29, 0.717) is 11.4 Å². The average molecular weight is 302 g/mol. The van der Waals surface area contributed by atoms with Gasteiger partial charge in [0.15, 0.2) is 0 Å². The zero-order chi connectivity index (χ0) is 13.1. The molecule has 0 bridgehead atoms. The van der Waals surface area contributed by atoms with Gasteiger partial charge in [-0.3, -0.25) is 0 Å². The molecule has 3 nitrogen and oxygen atoms in total. The third-order valence-electron chi connectivity index (χ3n) is 2.47. The summed E-state index contributed by atoms with van der Waals surface area (Å²) in [7, 11) is 0. The van der Waals surface area contributed by atoms with Gasteiger partial charge in [-0.15, -0.1) is 0 Å². The zero-order valence-electron chi connectivity index (χ0n) is 10.2. The number of nitrogens with zero attached hydrogens (tertiary/aromatic N) is 2. The van der Waals surface area contributed by atoms with E-state index < -0.39 is 0 Å². The van der Waals surface area contributed by atoms with Gasteiger partial charge in [0.2, 0.25) is 0 Å². The number of nitriles is 1. The number of anilines is 2.